The van der Waals surface area contributed by atoms with Gasteiger partial charge in [0.1, 0.15) is 0 Å². The molecule has 0 saturated carbocycles. The van der Waals surface area contributed by atoms with Gasteiger partial charge in [0.15, 0.2) is 5.82 Å². The van der Waals surface area contributed by atoms with Gasteiger partial charge in [-0.3, -0.25) is 13.8 Å². The van der Waals surface area contributed by atoms with Gasteiger partial charge in [0.2, 0.25) is 5.78 Å². The van der Waals surface area contributed by atoms with Gasteiger partial charge in [0, 0.05) is 22.8 Å². The third-order valence-electron chi connectivity index (χ3n) is 4.01. The second kappa shape index (κ2) is 6.06. The molecule has 1 N–H and O–H groups in total. The zero-order chi connectivity index (χ0) is 17.6. The van der Waals surface area contributed by atoms with Crippen molar-refractivity contribution in [2.45, 2.75) is 6.54 Å². The Morgan fingerprint density at radius 3 is 2.56 bits per heavy atom. The van der Waals surface area contributed by atoms with Crippen molar-refractivity contribution < 1.29 is 0 Å². The minimum atomic E-state index is -0.100. The average Bonchev–Trinajstić information content (AvgIpc) is 3.01. The number of nitrogens with zero attached hydrogens (tertiary/aromatic N) is 4. The number of rotatable bonds is 3. The number of para-hydroxylation sites is 1. The first kappa shape index (κ1) is 15.9. The SMILES string of the molecule is Cn1c(=O)c2ccccc2n2c(CNc3cc(Cl)cc(Cl)c3)nnc12. The summed E-state index contributed by atoms with van der Waals surface area (Å²) in [6.45, 7) is 0.403. The van der Waals surface area contributed by atoms with Crippen LogP contribution in [0.1, 0.15) is 5.82 Å². The Labute approximate surface area is 152 Å². The van der Waals surface area contributed by atoms with Crippen molar-refractivity contribution in [3.63, 3.8) is 0 Å². The van der Waals surface area contributed by atoms with E-state index in [0.29, 0.717) is 33.6 Å². The summed E-state index contributed by atoms with van der Waals surface area (Å²) in [6.07, 6.45) is 0. The number of halogens is 2. The molecule has 4 aromatic rings. The van der Waals surface area contributed by atoms with Gasteiger partial charge in [-0.1, -0.05) is 35.3 Å². The molecule has 6 nitrogen and oxygen atoms in total. The van der Waals surface area contributed by atoms with Crippen LogP contribution in [0.15, 0.2) is 47.3 Å². The van der Waals surface area contributed by atoms with Crippen LogP contribution in [0.4, 0.5) is 5.69 Å². The van der Waals surface area contributed by atoms with E-state index in [1.54, 1.807) is 31.3 Å². The number of aromatic nitrogens is 4. The molecule has 0 bridgehead atoms. The summed E-state index contributed by atoms with van der Waals surface area (Å²) in [5.74, 6) is 1.17. The third kappa shape index (κ3) is 2.73. The Morgan fingerprint density at radius 1 is 1.08 bits per heavy atom. The summed E-state index contributed by atoms with van der Waals surface area (Å²) in [5, 5.41) is 13.3. The molecule has 0 fully saturated rings. The number of aryl methyl sites for hydroxylation is 1. The molecule has 0 radical (unpaired) electrons. The number of hydrogen-bond donors (Lipinski definition) is 1. The van der Waals surface area contributed by atoms with Gasteiger partial charge in [-0.15, -0.1) is 10.2 Å². The van der Waals surface area contributed by atoms with Gasteiger partial charge < -0.3 is 5.32 Å². The number of nitrogens with one attached hydrogen (secondary N) is 1. The molecule has 2 heterocycles. The van der Waals surface area contributed by atoms with E-state index in [9.17, 15) is 4.79 Å². The van der Waals surface area contributed by atoms with Crippen LogP contribution in [-0.2, 0) is 13.6 Å². The van der Waals surface area contributed by atoms with Crippen LogP contribution < -0.4 is 10.9 Å². The summed E-state index contributed by atoms with van der Waals surface area (Å²) in [7, 11) is 1.69. The lowest BCUT2D eigenvalue weighted by molar-refractivity contribution is 0.855. The van der Waals surface area contributed by atoms with Crippen LogP contribution in [0.5, 0.6) is 0 Å². The molecule has 0 saturated heterocycles. The van der Waals surface area contributed by atoms with Crippen molar-refractivity contribution in [2.75, 3.05) is 5.32 Å². The first-order valence-electron chi connectivity index (χ1n) is 7.56. The Kier molecular flexibility index (Phi) is 3.86. The van der Waals surface area contributed by atoms with E-state index in [-0.39, 0.29) is 5.56 Å². The molecule has 0 amide bonds. The average molecular weight is 374 g/mol. The molecule has 0 aliphatic carbocycles. The van der Waals surface area contributed by atoms with Gasteiger partial charge in [-0.25, -0.2) is 0 Å². The van der Waals surface area contributed by atoms with E-state index in [1.165, 1.54) is 4.57 Å². The molecule has 0 atom stereocenters. The van der Waals surface area contributed by atoms with Crippen LogP contribution in [0.3, 0.4) is 0 Å². The molecule has 2 aromatic heterocycles. The number of hydrogen-bond acceptors (Lipinski definition) is 4. The second-order valence-electron chi connectivity index (χ2n) is 5.64. The lowest BCUT2D eigenvalue weighted by atomic mass is 10.2. The molecule has 0 aliphatic heterocycles. The Hall–Kier alpha value is -2.57. The van der Waals surface area contributed by atoms with Crippen molar-refractivity contribution in [3.8, 4) is 0 Å². The van der Waals surface area contributed by atoms with Crippen LogP contribution in [0.25, 0.3) is 16.7 Å². The van der Waals surface area contributed by atoms with Crippen LogP contribution in [0, 0.1) is 0 Å². The summed E-state index contributed by atoms with van der Waals surface area (Å²) in [5.41, 5.74) is 1.45. The minimum absolute atomic E-state index is 0.100. The van der Waals surface area contributed by atoms with E-state index >= 15 is 0 Å². The standard InChI is InChI=1S/C17H13Cl2N5O/c1-23-16(25)13-4-2-3-5-14(13)24-15(21-22-17(23)24)9-20-12-7-10(18)6-11(19)8-12/h2-8,20H,9H2,1H3. The highest BCUT2D eigenvalue weighted by atomic mass is 35.5. The van der Waals surface area contributed by atoms with Crippen LogP contribution >= 0.6 is 23.2 Å². The van der Waals surface area contributed by atoms with Crippen LogP contribution in [0.2, 0.25) is 10.0 Å². The molecule has 126 valence electrons. The Balaban J connectivity index is 1.82. The van der Waals surface area contributed by atoms with Crippen molar-refractivity contribution in [2.24, 2.45) is 7.05 Å². The van der Waals surface area contributed by atoms with E-state index in [1.807, 2.05) is 22.6 Å². The largest absolute Gasteiger partial charge is 0.378 e. The van der Waals surface area contributed by atoms with Crippen molar-refractivity contribution in [1.29, 1.82) is 0 Å². The predicted molar refractivity (Wildman–Crippen MR) is 99.5 cm³/mol. The van der Waals surface area contributed by atoms with Crippen molar-refractivity contribution in [3.05, 3.63) is 68.7 Å². The fourth-order valence-corrected chi connectivity index (χ4v) is 3.37. The highest BCUT2D eigenvalue weighted by Gasteiger charge is 2.14. The molecule has 2 aromatic carbocycles. The smallest absolute Gasteiger partial charge is 0.262 e. The molecule has 8 heteroatoms. The Morgan fingerprint density at radius 2 is 1.80 bits per heavy atom. The van der Waals surface area contributed by atoms with E-state index < -0.39 is 0 Å². The molecular weight excluding hydrogens is 361 g/mol. The van der Waals surface area contributed by atoms with Crippen LogP contribution in [-0.4, -0.2) is 19.2 Å². The van der Waals surface area contributed by atoms with E-state index in [2.05, 4.69) is 15.5 Å². The van der Waals surface area contributed by atoms with Crippen molar-refractivity contribution in [1.82, 2.24) is 19.2 Å². The predicted octanol–water partition coefficient (Wildman–Crippen LogP) is 3.50. The van der Waals surface area contributed by atoms with E-state index in [0.717, 1.165) is 11.2 Å². The molecule has 0 aliphatic rings. The Bertz CT molecular complexity index is 1140. The lowest BCUT2D eigenvalue weighted by Crippen LogP contribution is -2.20. The van der Waals surface area contributed by atoms with Gasteiger partial charge in [-0.05, 0) is 30.3 Å². The minimum Gasteiger partial charge on any atom is -0.378 e. The summed E-state index contributed by atoms with van der Waals surface area (Å²) in [4.78, 5) is 12.4. The van der Waals surface area contributed by atoms with Gasteiger partial charge >= 0.3 is 0 Å². The molecular formula is C17H13Cl2N5O. The highest BCUT2D eigenvalue weighted by molar-refractivity contribution is 6.35. The zero-order valence-corrected chi connectivity index (χ0v) is 14.7. The highest BCUT2D eigenvalue weighted by Crippen LogP contribution is 2.23. The third-order valence-corrected chi connectivity index (χ3v) is 4.44. The number of anilines is 1. The molecule has 0 unspecified atom stereocenters. The van der Waals surface area contributed by atoms with Crippen molar-refractivity contribution >= 4 is 45.6 Å². The first-order valence-corrected chi connectivity index (χ1v) is 8.32. The van der Waals surface area contributed by atoms with Gasteiger partial charge in [-0.2, -0.15) is 0 Å². The number of fused-ring (bicyclic) bond motifs is 3. The van der Waals surface area contributed by atoms with Gasteiger partial charge in [0.25, 0.3) is 5.56 Å². The first-order chi connectivity index (χ1) is 12.0. The van der Waals surface area contributed by atoms with Gasteiger partial charge in [0.05, 0.1) is 17.4 Å². The molecule has 0 spiro atoms. The maximum Gasteiger partial charge on any atom is 0.262 e. The zero-order valence-electron chi connectivity index (χ0n) is 13.2. The molecule has 4 rings (SSSR count). The summed E-state index contributed by atoms with van der Waals surface area (Å²) < 4.78 is 3.37. The maximum atomic E-state index is 12.4. The maximum absolute atomic E-state index is 12.4. The summed E-state index contributed by atoms with van der Waals surface area (Å²) in [6, 6.07) is 12.6. The fraction of sp³-hybridized carbons (Fsp3) is 0.118. The normalized spacial score (nSPS) is 11.3. The fourth-order valence-electron chi connectivity index (χ4n) is 2.84. The molecule has 25 heavy (non-hydrogen) atoms. The second-order valence-corrected chi connectivity index (χ2v) is 6.52. The summed E-state index contributed by atoms with van der Waals surface area (Å²) >= 11 is 12.1. The monoisotopic (exact) mass is 373 g/mol. The topological polar surface area (TPSA) is 64.2 Å². The van der Waals surface area contributed by atoms with E-state index in [4.69, 9.17) is 23.2 Å². The quantitative estimate of drug-likeness (QED) is 0.596. The number of benzene rings is 2. The lowest BCUT2D eigenvalue weighted by Gasteiger charge is -2.09.